The van der Waals surface area contributed by atoms with Gasteiger partial charge in [0.15, 0.2) is 0 Å². The van der Waals surface area contributed by atoms with E-state index in [2.05, 4.69) is 4.98 Å². The number of amides is 2. The van der Waals surface area contributed by atoms with E-state index in [-0.39, 0.29) is 29.2 Å². The molecule has 154 valence electrons. The molecule has 2 heterocycles. The number of aromatic nitrogens is 1. The molecule has 1 aromatic heterocycles. The van der Waals surface area contributed by atoms with Crippen LogP contribution in [0, 0.1) is 18.8 Å². The monoisotopic (exact) mass is 412 g/mol. The third kappa shape index (κ3) is 3.11. The van der Waals surface area contributed by atoms with Gasteiger partial charge in [0.25, 0.3) is 0 Å². The zero-order valence-corrected chi connectivity index (χ0v) is 16.9. The van der Waals surface area contributed by atoms with Gasteiger partial charge >= 0.3 is 5.97 Å². The Morgan fingerprint density at radius 1 is 0.968 bits per heavy atom. The predicted octanol–water partition coefficient (Wildman–Crippen LogP) is 4.36. The number of hydrogen-bond donors (Lipinski definition) is 1. The molecule has 31 heavy (non-hydrogen) atoms. The highest BCUT2D eigenvalue weighted by atomic mass is 16.4. The fourth-order valence-corrected chi connectivity index (χ4v) is 4.50. The van der Waals surface area contributed by atoms with E-state index < -0.39 is 5.97 Å². The highest BCUT2D eigenvalue weighted by Crippen LogP contribution is 2.38. The minimum atomic E-state index is -1.01. The Labute approximate surface area is 178 Å². The molecule has 0 saturated carbocycles. The first-order valence-electron chi connectivity index (χ1n) is 10.2. The van der Waals surface area contributed by atoms with Crippen molar-refractivity contribution in [1.82, 2.24) is 4.98 Å². The molecule has 2 atom stereocenters. The van der Waals surface area contributed by atoms with E-state index in [1.807, 2.05) is 37.3 Å². The number of nitrogens with zero attached hydrogens (tertiary/aromatic N) is 2. The maximum Gasteiger partial charge on any atom is 0.336 e. The van der Waals surface area contributed by atoms with Crippen molar-refractivity contribution in [3.63, 3.8) is 0 Å². The second-order valence-electron chi connectivity index (χ2n) is 8.10. The minimum absolute atomic E-state index is 0.153. The lowest BCUT2D eigenvalue weighted by Gasteiger charge is -2.15. The smallest absolute Gasteiger partial charge is 0.336 e. The highest BCUT2D eigenvalue weighted by molar-refractivity contribution is 6.22. The summed E-state index contributed by atoms with van der Waals surface area (Å²) in [5.74, 6) is -1.87. The number of carboxylic acids is 1. The van der Waals surface area contributed by atoms with E-state index in [9.17, 15) is 19.5 Å². The molecule has 1 aliphatic carbocycles. The van der Waals surface area contributed by atoms with Gasteiger partial charge in [0.2, 0.25) is 11.8 Å². The second kappa shape index (κ2) is 7.16. The number of imide groups is 1. The van der Waals surface area contributed by atoms with Crippen molar-refractivity contribution in [2.45, 2.75) is 19.8 Å². The van der Waals surface area contributed by atoms with Crippen molar-refractivity contribution in [3.05, 3.63) is 71.8 Å². The predicted molar refractivity (Wildman–Crippen MR) is 117 cm³/mol. The van der Waals surface area contributed by atoms with Crippen LogP contribution in [0.5, 0.6) is 0 Å². The van der Waals surface area contributed by atoms with Crippen LogP contribution < -0.4 is 4.90 Å². The number of carboxylic acid groups (broad SMARTS) is 1. The van der Waals surface area contributed by atoms with Crippen LogP contribution in [0.2, 0.25) is 0 Å². The number of carbonyl (C=O) groups excluding carboxylic acids is 2. The van der Waals surface area contributed by atoms with Crippen LogP contribution in [0.15, 0.2) is 60.7 Å². The largest absolute Gasteiger partial charge is 0.478 e. The van der Waals surface area contributed by atoms with Crippen molar-refractivity contribution in [2.24, 2.45) is 11.8 Å². The quantitative estimate of drug-likeness (QED) is 0.510. The van der Waals surface area contributed by atoms with Gasteiger partial charge in [-0.25, -0.2) is 9.78 Å². The standard InChI is InChI=1S/C25H20N2O4/c1-14-6-11-21-19(12-14)20(25(30)31)13-22(26-21)15-7-9-16(10-8-15)27-23(28)17-4-2-3-5-18(17)24(27)29/h2-3,6-13,17-18H,4-5H2,1H3,(H,30,31)/t17-,18-/m1/s1. The van der Waals surface area contributed by atoms with E-state index in [4.69, 9.17) is 0 Å². The van der Waals surface area contributed by atoms with E-state index in [0.717, 1.165) is 5.56 Å². The summed E-state index contributed by atoms with van der Waals surface area (Å²) in [4.78, 5) is 43.3. The first-order chi connectivity index (χ1) is 14.9. The molecule has 1 aliphatic heterocycles. The lowest BCUT2D eigenvalue weighted by atomic mass is 9.85. The summed E-state index contributed by atoms with van der Waals surface area (Å²) < 4.78 is 0. The maximum absolute atomic E-state index is 12.8. The normalized spacial score (nSPS) is 20.4. The number of pyridine rings is 1. The van der Waals surface area contributed by atoms with Crippen LogP contribution in [0.1, 0.15) is 28.8 Å². The molecule has 1 N–H and O–H groups in total. The van der Waals surface area contributed by atoms with Crippen LogP contribution >= 0.6 is 0 Å². The molecule has 1 fully saturated rings. The summed E-state index contributed by atoms with van der Waals surface area (Å²) in [6, 6.07) is 14.1. The third-order valence-corrected chi connectivity index (χ3v) is 6.12. The van der Waals surface area contributed by atoms with Crippen LogP contribution in [0.25, 0.3) is 22.2 Å². The average Bonchev–Trinajstić information content (AvgIpc) is 3.03. The molecule has 0 radical (unpaired) electrons. The Morgan fingerprint density at radius 2 is 1.61 bits per heavy atom. The Kier molecular flexibility index (Phi) is 4.43. The van der Waals surface area contributed by atoms with E-state index in [1.165, 1.54) is 4.90 Å². The Morgan fingerprint density at radius 3 is 2.23 bits per heavy atom. The lowest BCUT2D eigenvalue weighted by Crippen LogP contribution is -2.30. The van der Waals surface area contributed by atoms with Gasteiger partial charge in [0, 0.05) is 10.9 Å². The van der Waals surface area contributed by atoms with E-state index in [1.54, 1.807) is 30.3 Å². The third-order valence-electron chi connectivity index (χ3n) is 6.12. The molecule has 0 bridgehead atoms. The number of allylic oxidation sites excluding steroid dienone is 2. The summed E-state index contributed by atoms with van der Waals surface area (Å²) in [7, 11) is 0. The Hall–Kier alpha value is -3.80. The highest BCUT2D eigenvalue weighted by Gasteiger charge is 2.47. The number of anilines is 1. The molecule has 2 amide bonds. The molecule has 1 saturated heterocycles. The fourth-order valence-electron chi connectivity index (χ4n) is 4.50. The lowest BCUT2D eigenvalue weighted by molar-refractivity contribution is -0.122. The summed E-state index contributed by atoms with van der Waals surface area (Å²) in [5.41, 5.74) is 3.53. The van der Waals surface area contributed by atoms with Crippen molar-refractivity contribution in [2.75, 3.05) is 4.90 Å². The second-order valence-corrected chi connectivity index (χ2v) is 8.10. The number of fused-ring (bicyclic) bond motifs is 2. The number of rotatable bonds is 3. The molecule has 0 unspecified atom stereocenters. The average molecular weight is 412 g/mol. The van der Waals surface area contributed by atoms with E-state index in [0.29, 0.717) is 40.7 Å². The van der Waals surface area contributed by atoms with Crippen molar-refractivity contribution >= 4 is 34.4 Å². The van der Waals surface area contributed by atoms with Crippen LogP contribution in [-0.4, -0.2) is 27.9 Å². The molecule has 6 heteroatoms. The number of aryl methyl sites for hydroxylation is 1. The minimum Gasteiger partial charge on any atom is -0.478 e. The van der Waals surface area contributed by atoms with Gasteiger partial charge in [-0.2, -0.15) is 0 Å². The molecule has 2 aromatic carbocycles. The molecule has 3 aromatic rings. The maximum atomic E-state index is 12.8. The summed E-state index contributed by atoms with van der Waals surface area (Å²) in [5, 5.41) is 10.3. The van der Waals surface area contributed by atoms with Gasteiger partial charge < -0.3 is 5.11 Å². The van der Waals surface area contributed by atoms with Gasteiger partial charge in [0.05, 0.1) is 34.3 Å². The Balaban J connectivity index is 1.52. The number of benzene rings is 2. The molecule has 5 rings (SSSR count). The number of aromatic carboxylic acids is 1. The fraction of sp³-hybridized carbons (Fsp3) is 0.200. The molecule has 2 aliphatic rings. The number of hydrogen-bond acceptors (Lipinski definition) is 4. The molecule has 6 nitrogen and oxygen atoms in total. The van der Waals surface area contributed by atoms with Gasteiger partial charge in [-0.3, -0.25) is 14.5 Å². The van der Waals surface area contributed by atoms with E-state index >= 15 is 0 Å². The van der Waals surface area contributed by atoms with Crippen molar-refractivity contribution in [3.8, 4) is 11.3 Å². The summed E-state index contributed by atoms with van der Waals surface area (Å²) >= 11 is 0. The van der Waals surface area contributed by atoms with Crippen LogP contribution in [-0.2, 0) is 9.59 Å². The zero-order valence-electron chi connectivity index (χ0n) is 16.9. The summed E-state index contributed by atoms with van der Waals surface area (Å²) in [6.07, 6.45) is 5.13. The first-order valence-corrected chi connectivity index (χ1v) is 10.2. The SMILES string of the molecule is Cc1ccc2nc(-c3ccc(N4C(=O)[C@@H]5CC=CC[C@H]5C4=O)cc3)cc(C(=O)O)c2c1. The topological polar surface area (TPSA) is 87.6 Å². The molecule has 0 spiro atoms. The van der Waals surface area contributed by atoms with Gasteiger partial charge in [-0.1, -0.05) is 35.9 Å². The van der Waals surface area contributed by atoms with Crippen LogP contribution in [0.3, 0.4) is 0 Å². The number of carbonyl (C=O) groups is 3. The summed E-state index contributed by atoms with van der Waals surface area (Å²) in [6.45, 7) is 1.91. The Bertz CT molecular complexity index is 1250. The van der Waals surface area contributed by atoms with Gasteiger partial charge in [-0.05, 0) is 50.1 Å². The molecular weight excluding hydrogens is 392 g/mol. The van der Waals surface area contributed by atoms with Crippen LogP contribution in [0.4, 0.5) is 5.69 Å². The van der Waals surface area contributed by atoms with Gasteiger partial charge in [0.1, 0.15) is 0 Å². The zero-order chi connectivity index (χ0) is 21.7. The first kappa shape index (κ1) is 19.2. The van der Waals surface area contributed by atoms with Crippen molar-refractivity contribution < 1.29 is 19.5 Å². The van der Waals surface area contributed by atoms with Gasteiger partial charge in [-0.15, -0.1) is 0 Å². The molecular formula is C25H20N2O4. The van der Waals surface area contributed by atoms with Crippen molar-refractivity contribution in [1.29, 1.82) is 0 Å².